The summed E-state index contributed by atoms with van der Waals surface area (Å²) >= 11 is 0. The maximum Gasteiger partial charge on any atom is 0.494 e. The number of nitrogens with one attached hydrogen (secondary N) is 1. The van der Waals surface area contributed by atoms with Crippen molar-refractivity contribution >= 4 is 30.2 Å². The van der Waals surface area contributed by atoms with Crippen LogP contribution >= 0.6 is 0 Å². The molecule has 0 bridgehead atoms. The summed E-state index contributed by atoms with van der Waals surface area (Å²) in [5.74, 6) is 0.325. The Kier molecular flexibility index (Phi) is 7.32. The van der Waals surface area contributed by atoms with Gasteiger partial charge < -0.3 is 25.2 Å². The van der Waals surface area contributed by atoms with E-state index in [-0.39, 0.29) is 5.47 Å². The fraction of sp³-hybridized carbons (Fsp3) is 0.364. The lowest BCUT2D eigenvalue weighted by Gasteiger charge is -2.34. The number of nitrogens with zero attached hydrogens (tertiary/aromatic N) is 4. The topological polar surface area (TPSA) is 91.6 Å². The average molecular weight is 423 g/mol. The third-order valence-corrected chi connectivity index (χ3v) is 5.49. The molecule has 3 N–H and O–H groups in total. The Labute approximate surface area is 184 Å². The summed E-state index contributed by atoms with van der Waals surface area (Å²) in [7, 11) is 0.303. The second kappa shape index (κ2) is 9.95. The maximum atomic E-state index is 12.6. The van der Waals surface area contributed by atoms with Crippen molar-refractivity contribution in [2.45, 2.75) is 13.8 Å². The lowest BCUT2D eigenvalue weighted by atomic mass is 9.75. The van der Waals surface area contributed by atoms with E-state index >= 15 is 0 Å². The van der Waals surface area contributed by atoms with E-state index in [1.54, 1.807) is 19.9 Å². The van der Waals surface area contributed by atoms with Gasteiger partial charge in [0.05, 0.1) is 0 Å². The lowest BCUT2D eigenvalue weighted by molar-refractivity contribution is -0.123. The predicted octanol–water partition coefficient (Wildman–Crippen LogP) is 1.47. The number of rotatable bonds is 6. The first-order valence-corrected chi connectivity index (χ1v) is 10.5. The zero-order valence-electron chi connectivity index (χ0n) is 18.4. The third kappa shape index (κ3) is 5.25. The Balaban J connectivity index is 1.74. The Morgan fingerprint density at radius 3 is 2.42 bits per heavy atom. The number of anilines is 2. The smallest absolute Gasteiger partial charge is 0.423 e. The highest BCUT2D eigenvalue weighted by molar-refractivity contribution is 6.60. The van der Waals surface area contributed by atoms with E-state index in [1.807, 2.05) is 12.1 Å². The number of likely N-dealkylation sites (N-methyl/N-ethyl adjacent to an activating group) is 2. The highest BCUT2D eigenvalue weighted by Crippen LogP contribution is 2.23. The molecule has 1 fully saturated rings. The van der Waals surface area contributed by atoms with Gasteiger partial charge in [-0.25, -0.2) is 4.99 Å². The molecule has 0 aliphatic carbocycles. The summed E-state index contributed by atoms with van der Waals surface area (Å²) in [6, 6.07) is 8.12. The summed E-state index contributed by atoms with van der Waals surface area (Å²) in [6.45, 7) is 12.1. The van der Waals surface area contributed by atoms with E-state index in [2.05, 4.69) is 45.9 Å². The third-order valence-electron chi connectivity index (χ3n) is 5.49. The average Bonchev–Trinajstić information content (AvgIpc) is 2.75. The van der Waals surface area contributed by atoms with Crippen LogP contribution in [-0.4, -0.2) is 78.5 Å². The van der Waals surface area contributed by atoms with Gasteiger partial charge in [0.25, 0.3) is 5.91 Å². The molecule has 1 amide bonds. The van der Waals surface area contributed by atoms with Crippen molar-refractivity contribution in [1.29, 1.82) is 0 Å². The highest BCUT2D eigenvalue weighted by Gasteiger charge is 2.34. The number of hydrogen-bond donors (Lipinski definition) is 3. The molecule has 8 nitrogen and oxygen atoms in total. The molecule has 164 valence electrons. The Bertz CT molecular complexity index is 916. The van der Waals surface area contributed by atoms with Gasteiger partial charge in [-0.1, -0.05) is 12.7 Å². The molecule has 0 saturated carbocycles. The number of amides is 1. The van der Waals surface area contributed by atoms with Crippen molar-refractivity contribution in [1.82, 2.24) is 9.80 Å². The van der Waals surface area contributed by atoms with Gasteiger partial charge in [-0.05, 0) is 51.2 Å². The minimum atomic E-state index is -1.84. The van der Waals surface area contributed by atoms with Crippen LogP contribution in [0.1, 0.15) is 13.8 Å². The Morgan fingerprint density at radius 2 is 1.87 bits per heavy atom. The predicted molar refractivity (Wildman–Crippen MR) is 126 cm³/mol. The largest absolute Gasteiger partial charge is 0.494 e. The molecule has 0 radical (unpaired) electrons. The molecule has 0 atom stereocenters. The van der Waals surface area contributed by atoms with Crippen LogP contribution in [-0.2, 0) is 4.79 Å². The standard InChI is InChI=1S/C22H30BN5O3/c1-5-17-15-20(23(30)31)22(29)28(6-2)21(17)25-16(3)24-18-7-9-19(10-8-18)27-13-11-26(4)12-14-27/h5,7-10,15,24,30-31H,3,6,11-14H2,1-2,4H3/b17-5-,25-21+. The summed E-state index contributed by atoms with van der Waals surface area (Å²) in [6.07, 6.45) is 3.23. The first-order valence-electron chi connectivity index (χ1n) is 10.5. The molecule has 31 heavy (non-hydrogen) atoms. The minimum absolute atomic E-state index is 0.0769. The van der Waals surface area contributed by atoms with Gasteiger partial charge in [0.1, 0.15) is 11.7 Å². The van der Waals surface area contributed by atoms with Gasteiger partial charge in [0.2, 0.25) is 0 Å². The Hall–Kier alpha value is -2.88. The minimum Gasteiger partial charge on any atom is -0.423 e. The molecular formula is C22H30BN5O3. The zero-order valence-corrected chi connectivity index (χ0v) is 18.4. The summed E-state index contributed by atoms with van der Waals surface area (Å²) in [4.78, 5) is 23.2. The summed E-state index contributed by atoms with van der Waals surface area (Å²) in [5, 5.41) is 22.2. The molecule has 2 heterocycles. The molecule has 2 aliphatic heterocycles. The molecule has 0 unspecified atom stereocenters. The zero-order chi connectivity index (χ0) is 22.5. The lowest BCUT2D eigenvalue weighted by Crippen LogP contribution is -2.45. The fourth-order valence-corrected chi connectivity index (χ4v) is 3.66. The van der Waals surface area contributed by atoms with Crippen LogP contribution in [0, 0.1) is 0 Å². The van der Waals surface area contributed by atoms with Crippen LogP contribution in [0.2, 0.25) is 0 Å². The van der Waals surface area contributed by atoms with Crippen LogP contribution in [0.25, 0.3) is 0 Å². The highest BCUT2D eigenvalue weighted by atomic mass is 16.4. The number of amidine groups is 1. The van der Waals surface area contributed by atoms with E-state index in [4.69, 9.17) is 0 Å². The van der Waals surface area contributed by atoms with E-state index in [0.717, 1.165) is 31.9 Å². The number of hydrogen-bond acceptors (Lipinski definition) is 7. The van der Waals surface area contributed by atoms with E-state index in [0.29, 0.717) is 23.8 Å². The number of benzene rings is 1. The van der Waals surface area contributed by atoms with Crippen molar-refractivity contribution in [2.24, 2.45) is 4.99 Å². The second-order valence-corrected chi connectivity index (χ2v) is 7.61. The molecule has 3 rings (SSSR count). The van der Waals surface area contributed by atoms with Gasteiger partial charge in [-0.2, -0.15) is 0 Å². The normalized spacial score (nSPS) is 20.3. The van der Waals surface area contributed by atoms with E-state index in [1.165, 1.54) is 16.7 Å². The first-order chi connectivity index (χ1) is 14.8. The fourth-order valence-electron chi connectivity index (χ4n) is 3.66. The van der Waals surface area contributed by atoms with E-state index in [9.17, 15) is 14.8 Å². The number of carbonyl (C=O) groups is 1. The first kappa shape index (κ1) is 22.8. The monoisotopic (exact) mass is 423 g/mol. The van der Waals surface area contributed by atoms with Crippen molar-refractivity contribution in [2.75, 3.05) is 50.0 Å². The molecule has 2 aliphatic rings. The van der Waals surface area contributed by atoms with Crippen molar-refractivity contribution in [3.8, 4) is 0 Å². The molecule has 0 aromatic heterocycles. The van der Waals surface area contributed by atoms with Gasteiger partial charge in [-0.15, -0.1) is 0 Å². The number of allylic oxidation sites excluding steroid dienone is 1. The number of piperazine rings is 1. The van der Waals surface area contributed by atoms with Crippen LogP contribution < -0.4 is 10.2 Å². The van der Waals surface area contributed by atoms with Crippen molar-refractivity contribution in [3.63, 3.8) is 0 Å². The van der Waals surface area contributed by atoms with Crippen LogP contribution in [0.3, 0.4) is 0 Å². The molecule has 1 aromatic rings. The number of carbonyl (C=O) groups excluding carboxylic acids is 1. The van der Waals surface area contributed by atoms with Gasteiger partial charge in [0, 0.05) is 55.1 Å². The van der Waals surface area contributed by atoms with Crippen LogP contribution in [0.15, 0.2) is 64.9 Å². The quantitative estimate of drug-likeness (QED) is 0.601. The molecule has 1 saturated heterocycles. The molecule has 0 spiro atoms. The molecule has 1 aromatic carbocycles. The van der Waals surface area contributed by atoms with Crippen LogP contribution in [0.5, 0.6) is 0 Å². The summed E-state index contributed by atoms with van der Waals surface area (Å²) < 4.78 is 0. The summed E-state index contributed by atoms with van der Waals surface area (Å²) in [5.41, 5.74) is 2.58. The van der Waals surface area contributed by atoms with E-state index < -0.39 is 13.0 Å². The molecular weight excluding hydrogens is 393 g/mol. The number of aliphatic imine (C=N–C) groups is 1. The second-order valence-electron chi connectivity index (χ2n) is 7.61. The Morgan fingerprint density at radius 1 is 1.23 bits per heavy atom. The maximum absolute atomic E-state index is 12.6. The van der Waals surface area contributed by atoms with Crippen LogP contribution in [0.4, 0.5) is 11.4 Å². The van der Waals surface area contributed by atoms with Gasteiger partial charge in [-0.3, -0.25) is 9.69 Å². The van der Waals surface area contributed by atoms with Gasteiger partial charge >= 0.3 is 7.12 Å². The van der Waals surface area contributed by atoms with Crippen molar-refractivity contribution < 1.29 is 14.8 Å². The molecule has 9 heteroatoms. The van der Waals surface area contributed by atoms with Gasteiger partial charge in [0.15, 0.2) is 0 Å². The van der Waals surface area contributed by atoms with Crippen molar-refractivity contribution in [3.05, 3.63) is 59.9 Å². The SMILES string of the molecule is C=C(/N=C1\C(=C/C)C=C(B(O)O)C(=O)N1CC)Nc1ccc(N2CCN(C)CC2)cc1.